The van der Waals surface area contributed by atoms with Crippen molar-refractivity contribution < 1.29 is 66.3 Å². The first-order valence-corrected chi connectivity index (χ1v) is 49.6. The van der Waals surface area contributed by atoms with E-state index in [1.807, 2.05) is 168 Å². The summed E-state index contributed by atoms with van der Waals surface area (Å²) in [4.78, 5) is 0. The van der Waals surface area contributed by atoms with Gasteiger partial charge in [0.05, 0.1) is 25.9 Å². The third-order valence-electron chi connectivity index (χ3n) is 24.2. The summed E-state index contributed by atoms with van der Waals surface area (Å²) in [5, 5.41) is 7.04. The van der Waals surface area contributed by atoms with E-state index in [0.717, 1.165) is 131 Å². The van der Waals surface area contributed by atoms with Crippen molar-refractivity contribution in [1.29, 1.82) is 0 Å². The Morgan fingerprint density at radius 2 is 0.691 bits per heavy atom. The van der Waals surface area contributed by atoms with Crippen molar-refractivity contribution in [2.75, 3.05) is 46.8 Å². The Labute approximate surface area is 811 Å². The van der Waals surface area contributed by atoms with Gasteiger partial charge in [-0.05, 0) is 263 Å². The van der Waals surface area contributed by atoms with E-state index >= 15 is 0 Å². The molecule has 0 bridgehead atoms. The van der Waals surface area contributed by atoms with Crippen LogP contribution in [0.5, 0.6) is 46.0 Å². The molecule has 0 aromatic heterocycles. The topological polar surface area (TPSA) is 129 Å². The van der Waals surface area contributed by atoms with Gasteiger partial charge in [0, 0.05) is 41.5 Å². The number of hydrogen-bond donors (Lipinski definition) is 0. The molecule has 14 aromatic carbocycles. The lowest BCUT2D eigenvalue weighted by Crippen LogP contribution is -2.30. The molecule has 6 unspecified atom stereocenters. The van der Waals surface area contributed by atoms with Crippen LogP contribution in [0.1, 0.15) is 197 Å². The summed E-state index contributed by atoms with van der Waals surface area (Å²) in [5.74, 6) is 7.45. The molecule has 6 atom stereocenters. The zero-order valence-corrected chi connectivity index (χ0v) is 82.7. The third kappa shape index (κ3) is 35.6. The van der Waals surface area contributed by atoms with Crippen LogP contribution < -0.4 is 37.9 Å². The monoisotopic (exact) mass is 1840 g/mol. The first-order chi connectivity index (χ1) is 66.6. The Morgan fingerprint density at radius 3 is 1.18 bits per heavy atom. The minimum Gasteiger partial charge on any atom is -0.491 e. The number of hydrogen-bond acceptors (Lipinski definition) is 14. The van der Waals surface area contributed by atoms with Crippen molar-refractivity contribution in [2.45, 2.75) is 236 Å². The molecular formula is C122H146O14. The lowest BCUT2D eigenvalue weighted by atomic mass is 9.89. The summed E-state index contributed by atoms with van der Waals surface area (Å²) >= 11 is 0. The molecule has 2 fully saturated rings. The molecule has 14 heteroatoms. The highest BCUT2D eigenvalue weighted by Crippen LogP contribution is 2.37. The lowest BCUT2D eigenvalue weighted by Gasteiger charge is -2.29. The van der Waals surface area contributed by atoms with Gasteiger partial charge in [-0.3, -0.25) is 0 Å². The maximum atomic E-state index is 6.32. The fraction of sp³-hybridized carbons (Fsp3) is 0.361. The van der Waals surface area contributed by atoms with Gasteiger partial charge in [0.2, 0.25) is 12.6 Å². The quantitative estimate of drug-likeness (QED) is 0.0205. The standard InChI is InChI=1S/C26H26O3.C24H26O3.C21H26O2.C19H24O2.C16H20O2.C16H24O2/c1-3-20-12-14-23(15-13-20)29-19(2)27-16-17-28-26-24-10-6-4-8-21(24)18-22-9-5-7-11-25(22)26;1-3-20-13-15-22(16-14-20)27-19(2)25-17-18-26-24-12-8-7-11-23(24)21-9-5-4-6-10-21;1-2-17-13-15-20(16-14-17)23-21(18-9-5-3-6-10-18)22-19-11-7-4-8-12-19;1-4-17-9-11-19(12-10-17)21-16(3)20-14-13-18-7-5-15(2)6-8-18;1-4-13-6-7-15-11-16(9-8-14(15)10-13)18-12(3)17-5-2;1-3-13-9-11-15(12-10-13)18-16(17-2)14-7-5-4-6-8-14/h4-15,18-19H,3,16-17H2,1-2H3;4-16,19H,3,17-18H2,1-2H3;3,5-6,9-10,13-16,19,21H,2,4,7-8,11-12H2,1H3;5-12,16H,4,13-14H2,1-3H3;6-12H,4-5H2,1-3H3;9-12,14,16H,3-8H2,1-2H3. The molecule has 0 spiro atoms. The van der Waals surface area contributed by atoms with Gasteiger partial charge < -0.3 is 66.3 Å². The van der Waals surface area contributed by atoms with Crippen LogP contribution in [0.4, 0.5) is 0 Å². The lowest BCUT2D eigenvalue weighted by molar-refractivity contribution is -0.131. The molecule has 0 heterocycles. The second-order valence-electron chi connectivity index (χ2n) is 34.3. The smallest absolute Gasteiger partial charge is 0.226 e. The van der Waals surface area contributed by atoms with Gasteiger partial charge in [-0.2, -0.15) is 0 Å². The highest BCUT2D eigenvalue weighted by atomic mass is 16.7. The number of para-hydroxylation sites is 1. The molecule has 0 amide bonds. The van der Waals surface area contributed by atoms with Crippen molar-refractivity contribution in [3.8, 4) is 57.1 Å². The molecule has 0 radical (unpaired) electrons. The van der Waals surface area contributed by atoms with Crippen molar-refractivity contribution >= 4 is 32.3 Å². The molecule has 0 aliphatic heterocycles. The molecule has 718 valence electrons. The fourth-order valence-electron chi connectivity index (χ4n) is 16.3. The van der Waals surface area contributed by atoms with Gasteiger partial charge in [-0.25, -0.2) is 0 Å². The average molecular weight is 1840 g/mol. The SMILES string of the molecule is CCOC(C)Oc1ccc2cc(CC)ccc2c1.CCc1ccc(OC(C)OCCOc2c3ccccc3cc3ccccc23)cc1.CCc1ccc(OC(C)OCCOc2ccccc2-c2ccccc2)cc1.CCc1ccc(OC(C)OCCc2ccc(C)cc2)cc1.CCc1ccc(OC(OC)C2CCCCC2)cc1.CCc1ccc(OC(OC2CCCCC2)c2ccccc2)cc1. The van der Waals surface area contributed by atoms with Crippen molar-refractivity contribution in [2.24, 2.45) is 5.92 Å². The van der Waals surface area contributed by atoms with E-state index in [-0.39, 0.29) is 37.7 Å². The normalized spacial score (nSPS) is 13.8. The zero-order chi connectivity index (χ0) is 95.7. The number of rotatable bonds is 40. The number of methoxy groups -OCH3 is 1. The number of fused-ring (bicyclic) bond motifs is 3. The van der Waals surface area contributed by atoms with Crippen molar-refractivity contribution in [3.63, 3.8) is 0 Å². The van der Waals surface area contributed by atoms with Crippen LogP contribution in [-0.4, -0.2) is 84.3 Å². The van der Waals surface area contributed by atoms with Crippen LogP contribution in [0.25, 0.3) is 43.4 Å². The van der Waals surface area contributed by atoms with E-state index in [1.165, 1.54) is 117 Å². The second-order valence-corrected chi connectivity index (χ2v) is 34.3. The second kappa shape index (κ2) is 58.5. The number of benzene rings is 14. The van der Waals surface area contributed by atoms with E-state index < -0.39 is 0 Å². The minimum absolute atomic E-state index is 0.0854. The molecule has 0 N–H and O–H groups in total. The van der Waals surface area contributed by atoms with Gasteiger partial charge in [-0.15, -0.1) is 0 Å². The molecule has 2 aliphatic carbocycles. The summed E-state index contributed by atoms with van der Waals surface area (Å²) in [6.45, 7) is 27.8. The Bertz CT molecular complexity index is 5570. The molecule has 0 saturated heterocycles. The molecule has 16 rings (SSSR count). The Balaban J connectivity index is 0.000000158. The summed E-state index contributed by atoms with van der Waals surface area (Å²) in [6.07, 6.45) is 18.5. The average Bonchev–Trinajstić information content (AvgIpc) is 0.776. The van der Waals surface area contributed by atoms with Crippen LogP contribution in [0.2, 0.25) is 0 Å². The van der Waals surface area contributed by atoms with Crippen LogP contribution in [0.15, 0.2) is 322 Å². The van der Waals surface area contributed by atoms with E-state index in [2.05, 4.69) is 237 Å². The predicted octanol–water partition coefficient (Wildman–Crippen LogP) is 30.7. The fourth-order valence-corrected chi connectivity index (χ4v) is 16.3. The first-order valence-electron chi connectivity index (χ1n) is 49.6. The summed E-state index contributed by atoms with van der Waals surface area (Å²) in [6, 6.07) is 110. The Morgan fingerprint density at radius 1 is 0.301 bits per heavy atom. The molecule has 2 aliphatic rings. The van der Waals surface area contributed by atoms with E-state index in [9.17, 15) is 0 Å². The first kappa shape index (κ1) is 104. The number of ether oxygens (including phenoxy) is 14. The largest absolute Gasteiger partial charge is 0.491 e. The zero-order valence-electron chi connectivity index (χ0n) is 82.7. The Hall–Kier alpha value is -12.0. The van der Waals surface area contributed by atoms with E-state index in [1.54, 1.807) is 7.11 Å². The van der Waals surface area contributed by atoms with Crippen LogP contribution in [0.3, 0.4) is 0 Å². The maximum absolute atomic E-state index is 6.32. The molecule has 2 saturated carbocycles. The van der Waals surface area contributed by atoms with Gasteiger partial charge in [-0.1, -0.05) is 322 Å². The van der Waals surface area contributed by atoms with Gasteiger partial charge in [0.25, 0.3) is 0 Å². The highest BCUT2D eigenvalue weighted by molar-refractivity contribution is 6.05. The van der Waals surface area contributed by atoms with E-state index in [4.69, 9.17) is 66.3 Å². The van der Waals surface area contributed by atoms with Gasteiger partial charge in [0.1, 0.15) is 59.2 Å². The maximum Gasteiger partial charge on any atom is 0.226 e. The summed E-state index contributed by atoms with van der Waals surface area (Å²) in [7, 11) is 1.75. The predicted molar refractivity (Wildman–Crippen MR) is 557 cm³/mol. The molecule has 136 heavy (non-hydrogen) atoms. The summed E-state index contributed by atoms with van der Waals surface area (Å²) < 4.78 is 81.8. The van der Waals surface area contributed by atoms with Crippen LogP contribution in [-0.2, 0) is 73.4 Å². The van der Waals surface area contributed by atoms with Crippen molar-refractivity contribution in [3.05, 3.63) is 372 Å². The summed E-state index contributed by atoms with van der Waals surface area (Å²) in [5.41, 5.74) is 13.8. The third-order valence-corrected chi connectivity index (χ3v) is 24.2. The molecule has 14 aromatic rings. The van der Waals surface area contributed by atoms with Crippen LogP contribution in [0, 0.1) is 12.8 Å². The van der Waals surface area contributed by atoms with Crippen LogP contribution >= 0.6 is 0 Å². The van der Waals surface area contributed by atoms with E-state index in [0.29, 0.717) is 51.7 Å². The molecule has 14 nitrogen and oxygen atoms in total. The molecular weight excluding hydrogens is 1690 g/mol. The number of aryl methyl sites for hydroxylation is 7. The van der Waals surface area contributed by atoms with Gasteiger partial charge >= 0.3 is 0 Å². The minimum atomic E-state index is -0.338. The van der Waals surface area contributed by atoms with Gasteiger partial charge in [0.15, 0.2) is 25.2 Å². The van der Waals surface area contributed by atoms with Crippen molar-refractivity contribution in [1.82, 2.24) is 0 Å². The Kier molecular flexibility index (Phi) is 44.9. The highest BCUT2D eigenvalue weighted by Gasteiger charge is 2.26.